The summed E-state index contributed by atoms with van der Waals surface area (Å²) in [6.07, 6.45) is 1.77. The fourth-order valence-corrected chi connectivity index (χ4v) is 4.20. The van der Waals surface area contributed by atoms with E-state index in [9.17, 15) is 4.79 Å². The summed E-state index contributed by atoms with van der Waals surface area (Å²) in [4.78, 5) is 17.6. The first-order valence-corrected chi connectivity index (χ1v) is 11.6. The Morgan fingerprint density at radius 3 is 2.63 bits per heavy atom. The van der Waals surface area contributed by atoms with Gasteiger partial charge in [0.2, 0.25) is 0 Å². The van der Waals surface area contributed by atoms with Crippen LogP contribution in [-0.4, -0.2) is 11.7 Å². The Morgan fingerprint density at radius 1 is 1.17 bits per heavy atom. The normalized spacial score (nSPS) is 14.9. The molecule has 3 aromatic carbocycles. The van der Waals surface area contributed by atoms with Gasteiger partial charge in [0.05, 0.1) is 5.69 Å². The molecule has 1 heterocycles. The van der Waals surface area contributed by atoms with E-state index in [-0.39, 0.29) is 12.1 Å². The molecule has 0 radical (unpaired) electrons. The minimum absolute atomic E-state index is 0.215. The zero-order valence-electron chi connectivity index (χ0n) is 19.8. The van der Waals surface area contributed by atoms with Crippen molar-refractivity contribution < 1.29 is 4.79 Å². The number of allylic oxidation sites excluding steroid dienone is 1. The molecule has 4 rings (SSSR count). The number of carbonyl (C=O) groups excluding carboxylic acids is 1. The van der Waals surface area contributed by atoms with Crippen molar-refractivity contribution in [2.24, 2.45) is 10.8 Å². The number of hydrogen-bond donors (Lipinski definition) is 3. The van der Waals surface area contributed by atoms with E-state index in [1.807, 2.05) is 68.4 Å². The first kappa shape index (κ1) is 24.3. The van der Waals surface area contributed by atoms with Crippen molar-refractivity contribution in [1.82, 2.24) is 5.32 Å². The maximum atomic E-state index is 12.7. The molecular formula is C28H28ClN5O. The predicted molar refractivity (Wildman–Crippen MR) is 144 cm³/mol. The minimum Gasteiger partial charge on any atom is -0.359 e. The average Bonchev–Trinajstić information content (AvgIpc) is 2.84. The van der Waals surface area contributed by atoms with Crippen LogP contribution in [0.3, 0.4) is 0 Å². The summed E-state index contributed by atoms with van der Waals surface area (Å²) in [6, 6.07) is 23.3. The number of nitrogens with two attached hydrogens (primary N) is 1. The second-order valence-corrected chi connectivity index (χ2v) is 8.95. The topological polar surface area (TPSA) is 82.8 Å². The molecule has 178 valence electrons. The lowest BCUT2D eigenvalue weighted by molar-refractivity contribution is -0.114. The molecule has 7 heteroatoms. The second-order valence-electron chi connectivity index (χ2n) is 8.52. The first-order chi connectivity index (χ1) is 16.8. The standard InChI is InChI=1S/C28H28ClN5O/c1-18(16-26(35)34(30)25-14-13-22(29)17-19(25)2)15-20(3)31-28-23-11-7-8-12-24(23)32-27(33-28)21-9-5-4-6-10-21/h4-14,16-17,27,32H,3,15,30H2,1-2H3,(H,31,33)/b18-16-. The Kier molecular flexibility index (Phi) is 7.34. The Bertz CT molecular complexity index is 1320. The lowest BCUT2D eigenvalue weighted by atomic mass is 10.1. The number of hydrazine groups is 1. The molecule has 1 atom stereocenters. The van der Waals surface area contributed by atoms with Gasteiger partial charge in [-0.3, -0.25) is 4.79 Å². The molecule has 1 amide bonds. The highest BCUT2D eigenvalue weighted by Crippen LogP contribution is 2.29. The first-order valence-electron chi connectivity index (χ1n) is 11.3. The third-order valence-electron chi connectivity index (χ3n) is 5.66. The van der Waals surface area contributed by atoms with Crippen LogP contribution < -0.4 is 21.5 Å². The summed E-state index contributed by atoms with van der Waals surface area (Å²) >= 11 is 6.01. The number of para-hydroxylation sites is 1. The van der Waals surface area contributed by atoms with Crippen LogP contribution in [0.5, 0.6) is 0 Å². The van der Waals surface area contributed by atoms with Crippen molar-refractivity contribution in [2.45, 2.75) is 26.4 Å². The number of hydrogen-bond acceptors (Lipinski definition) is 5. The number of carbonyl (C=O) groups is 1. The number of fused-ring (bicyclic) bond motifs is 1. The van der Waals surface area contributed by atoms with Gasteiger partial charge < -0.3 is 10.6 Å². The summed E-state index contributed by atoms with van der Waals surface area (Å²) in [7, 11) is 0. The van der Waals surface area contributed by atoms with Gasteiger partial charge in [-0.25, -0.2) is 15.8 Å². The number of anilines is 2. The van der Waals surface area contributed by atoms with Gasteiger partial charge in [-0.2, -0.15) is 0 Å². The van der Waals surface area contributed by atoms with Crippen molar-refractivity contribution in [2.75, 3.05) is 10.3 Å². The highest BCUT2D eigenvalue weighted by Gasteiger charge is 2.21. The van der Waals surface area contributed by atoms with Crippen LogP contribution in [0.25, 0.3) is 0 Å². The van der Waals surface area contributed by atoms with Crippen LogP contribution in [-0.2, 0) is 4.79 Å². The summed E-state index contributed by atoms with van der Waals surface area (Å²) in [6.45, 7) is 7.90. The lowest BCUT2D eigenvalue weighted by Crippen LogP contribution is -2.37. The van der Waals surface area contributed by atoms with Crippen LogP contribution in [0.15, 0.2) is 102 Å². The number of halogens is 1. The van der Waals surface area contributed by atoms with Crippen LogP contribution in [0, 0.1) is 6.92 Å². The Hall–Kier alpha value is -3.87. The van der Waals surface area contributed by atoms with E-state index >= 15 is 0 Å². The molecule has 0 bridgehead atoms. The van der Waals surface area contributed by atoms with E-state index in [4.69, 9.17) is 22.4 Å². The Balaban J connectivity index is 1.47. The molecule has 1 aliphatic rings. The highest BCUT2D eigenvalue weighted by molar-refractivity contribution is 6.30. The van der Waals surface area contributed by atoms with Gasteiger partial charge in [-0.1, -0.05) is 66.2 Å². The summed E-state index contributed by atoms with van der Waals surface area (Å²) < 4.78 is 0. The number of benzene rings is 3. The number of amides is 1. The minimum atomic E-state index is -0.325. The largest absolute Gasteiger partial charge is 0.359 e. The molecule has 3 aromatic rings. The van der Waals surface area contributed by atoms with Gasteiger partial charge in [-0.15, -0.1) is 0 Å². The number of amidine groups is 1. The van der Waals surface area contributed by atoms with Gasteiger partial charge >= 0.3 is 0 Å². The van der Waals surface area contributed by atoms with E-state index in [0.29, 0.717) is 17.1 Å². The predicted octanol–water partition coefficient (Wildman–Crippen LogP) is 5.87. The fourth-order valence-electron chi connectivity index (χ4n) is 3.97. The van der Waals surface area contributed by atoms with Crippen LogP contribution in [0.2, 0.25) is 5.02 Å². The Labute approximate surface area is 210 Å². The molecule has 0 fully saturated rings. The third kappa shape index (κ3) is 5.80. The number of aliphatic imine (C=N–C) groups is 1. The molecule has 6 nitrogen and oxygen atoms in total. The maximum Gasteiger partial charge on any atom is 0.265 e. The van der Waals surface area contributed by atoms with Crippen LogP contribution in [0.4, 0.5) is 11.4 Å². The van der Waals surface area contributed by atoms with Crippen molar-refractivity contribution in [1.29, 1.82) is 0 Å². The number of nitrogens with zero attached hydrogens (tertiary/aromatic N) is 2. The van der Waals surface area contributed by atoms with E-state index in [0.717, 1.165) is 44.5 Å². The molecule has 0 aromatic heterocycles. The van der Waals surface area contributed by atoms with Crippen molar-refractivity contribution in [3.05, 3.63) is 118 Å². The number of nitrogens with one attached hydrogen (secondary N) is 2. The summed E-state index contributed by atoms with van der Waals surface area (Å²) in [5.41, 5.74) is 5.98. The van der Waals surface area contributed by atoms with E-state index in [2.05, 4.69) is 17.2 Å². The van der Waals surface area contributed by atoms with Crippen LogP contribution in [0.1, 0.15) is 36.2 Å². The monoisotopic (exact) mass is 485 g/mol. The SMILES string of the molecule is C=C(C/C(C)=C\C(=O)N(N)c1ccc(Cl)cc1C)NC1=NC(c2ccccc2)Nc2ccccc21. The molecule has 0 saturated heterocycles. The van der Waals surface area contributed by atoms with Gasteiger partial charge in [-0.05, 0) is 55.3 Å². The number of aryl methyl sites for hydroxylation is 1. The molecule has 1 unspecified atom stereocenters. The van der Waals surface area contributed by atoms with E-state index in [1.54, 1.807) is 18.2 Å². The maximum absolute atomic E-state index is 12.7. The van der Waals surface area contributed by atoms with Gasteiger partial charge in [0.1, 0.15) is 12.0 Å². The van der Waals surface area contributed by atoms with Crippen molar-refractivity contribution in [3.63, 3.8) is 0 Å². The van der Waals surface area contributed by atoms with Gasteiger partial charge in [0.25, 0.3) is 5.91 Å². The summed E-state index contributed by atoms with van der Waals surface area (Å²) in [5, 5.41) is 8.56. The van der Waals surface area contributed by atoms with E-state index < -0.39 is 0 Å². The van der Waals surface area contributed by atoms with Crippen molar-refractivity contribution in [3.8, 4) is 0 Å². The zero-order chi connectivity index (χ0) is 24.9. The van der Waals surface area contributed by atoms with Gasteiger partial charge in [0, 0.05) is 34.5 Å². The third-order valence-corrected chi connectivity index (χ3v) is 5.90. The quantitative estimate of drug-likeness (QED) is 0.176. The number of rotatable bonds is 6. The molecule has 0 spiro atoms. The average molecular weight is 486 g/mol. The smallest absolute Gasteiger partial charge is 0.265 e. The van der Waals surface area contributed by atoms with E-state index in [1.165, 1.54) is 6.08 Å². The molecule has 1 aliphatic heterocycles. The van der Waals surface area contributed by atoms with Gasteiger partial charge in [0.15, 0.2) is 0 Å². The fraction of sp³-hybridized carbons (Fsp3) is 0.143. The molecule has 35 heavy (non-hydrogen) atoms. The highest BCUT2D eigenvalue weighted by atomic mass is 35.5. The zero-order valence-corrected chi connectivity index (χ0v) is 20.5. The lowest BCUT2D eigenvalue weighted by Gasteiger charge is -2.27. The van der Waals surface area contributed by atoms with Crippen LogP contribution >= 0.6 is 11.6 Å². The molecule has 0 saturated carbocycles. The molecule has 4 N–H and O–H groups in total. The van der Waals surface area contributed by atoms with Crippen molar-refractivity contribution >= 4 is 34.7 Å². The Morgan fingerprint density at radius 2 is 1.89 bits per heavy atom. The molecular weight excluding hydrogens is 458 g/mol. The molecule has 0 aliphatic carbocycles. The summed E-state index contributed by atoms with van der Waals surface area (Å²) in [5.74, 6) is 6.48. The second kappa shape index (κ2) is 10.6.